The lowest BCUT2D eigenvalue weighted by Crippen LogP contribution is -2.59. The lowest BCUT2D eigenvalue weighted by molar-refractivity contribution is -0.128. The Bertz CT molecular complexity index is 285. The molecule has 0 radical (unpaired) electrons. The molecule has 2 atom stereocenters. The van der Waals surface area contributed by atoms with Crippen LogP contribution in [0.4, 0.5) is 0 Å². The predicted molar refractivity (Wildman–Crippen MR) is 79.9 cm³/mol. The van der Waals surface area contributed by atoms with E-state index in [-0.39, 0.29) is 17.5 Å². The number of amides is 1. The first-order valence-electron chi connectivity index (χ1n) is 7.67. The van der Waals surface area contributed by atoms with Crippen LogP contribution in [0, 0.1) is 5.92 Å². The van der Waals surface area contributed by atoms with Crippen LogP contribution in [0.2, 0.25) is 0 Å². The molecular weight excluding hydrogens is 238 g/mol. The van der Waals surface area contributed by atoms with Gasteiger partial charge in [-0.15, -0.1) is 0 Å². The first-order chi connectivity index (χ1) is 8.90. The van der Waals surface area contributed by atoms with Gasteiger partial charge in [0, 0.05) is 6.54 Å². The van der Waals surface area contributed by atoms with Crippen LogP contribution in [-0.2, 0) is 4.79 Å². The first-order valence-corrected chi connectivity index (χ1v) is 7.67. The summed E-state index contributed by atoms with van der Waals surface area (Å²) in [4.78, 5) is 14.7. The smallest absolute Gasteiger partial charge is 0.237 e. The molecule has 1 heterocycles. The maximum atomic E-state index is 12.4. The summed E-state index contributed by atoms with van der Waals surface area (Å²) in [5.41, 5.74) is 5.52. The zero-order valence-corrected chi connectivity index (χ0v) is 13.0. The summed E-state index contributed by atoms with van der Waals surface area (Å²) in [7, 11) is 0. The Morgan fingerprint density at radius 2 is 1.74 bits per heavy atom. The summed E-state index contributed by atoms with van der Waals surface area (Å²) in [5, 5.41) is 3.15. The fourth-order valence-electron chi connectivity index (χ4n) is 2.47. The molecule has 1 rings (SSSR count). The molecule has 3 N–H and O–H groups in total. The molecule has 0 aromatic heterocycles. The summed E-state index contributed by atoms with van der Waals surface area (Å²) < 4.78 is 0. The van der Waals surface area contributed by atoms with Crippen molar-refractivity contribution in [3.63, 3.8) is 0 Å². The monoisotopic (exact) mass is 269 g/mol. The van der Waals surface area contributed by atoms with Crippen LogP contribution in [0.5, 0.6) is 0 Å². The molecule has 1 amide bonds. The highest BCUT2D eigenvalue weighted by atomic mass is 16.2. The molecule has 0 aromatic rings. The summed E-state index contributed by atoms with van der Waals surface area (Å²) in [6.07, 6.45) is 4.99. The minimum atomic E-state index is -0.308. The number of nitrogens with one attached hydrogen (secondary N) is 1. The second kappa shape index (κ2) is 7.25. The van der Waals surface area contributed by atoms with Crippen LogP contribution in [0.3, 0.4) is 0 Å². The minimum Gasteiger partial charge on any atom is -0.348 e. The third-order valence-electron chi connectivity index (χ3n) is 4.67. The highest BCUT2D eigenvalue weighted by molar-refractivity contribution is 5.82. The molecule has 0 aliphatic carbocycles. The number of carbonyl (C=O) groups excluding carboxylic acids is 1. The Hall–Kier alpha value is -0.610. The van der Waals surface area contributed by atoms with Gasteiger partial charge in [0.15, 0.2) is 0 Å². The van der Waals surface area contributed by atoms with E-state index in [1.54, 1.807) is 0 Å². The van der Waals surface area contributed by atoms with Crippen LogP contribution < -0.4 is 11.1 Å². The van der Waals surface area contributed by atoms with Gasteiger partial charge >= 0.3 is 0 Å². The Kier molecular flexibility index (Phi) is 6.27. The van der Waals surface area contributed by atoms with E-state index in [0.717, 1.165) is 13.1 Å². The topological polar surface area (TPSA) is 58.4 Å². The standard InChI is InChI=1S/C15H31N3O/c1-12(2)15(4,11-16)17-14(19)13(3)18-9-7-5-6-8-10-18/h12-13H,5-11,16H2,1-4H3,(H,17,19). The summed E-state index contributed by atoms with van der Waals surface area (Å²) >= 11 is 0. The number of likely N-dealkylation sites (tertiary alicyclic amines) is 1. The number of carbonyl (C=O) groups is 1. The lowest BCUT2D eigenvalue weighted by Gasteiger charge is -2.36. The quantitative estimate of drug-likeness (QED) is 0.799. The molecule has 0 saturated carbocycles. The Morgan fingerprint density at radius 1 is 1.21 bits per heavy atom. The predicted octanol–water partition coefficient (Wildman–Crippen LogP) is 1.74. The molecule has 4 nitrogen and oxygen atoms in total. The molecule has 112 valence electrons. The molecule has 1 saturated heterocycles. The van der Waals surface area contributed by atoms with Crippen molar-refractivity contribution < 1.29 is 4.79 Å². The van der Waals surface area contributed by atoms with E-state index >= 15 is 0 Å². The highest BCUT2D eigenvalue weighted by Gasteiger charge is 2.31. The van der Waals surface area contributed by atoms with Crippen molar-refractivity contribution in [1.82, 2.24) is 10.2 Å². The number of nitrogens with zero attached hydrogens (tertiary/aromatic N) is 1. The number of hydrogen-bond acceptors (Lipinski definition) is 3. The average molecular weight is 269 g/mol. The third kappa shape index (κ3) is 4.46. The maximum absolute atomic E-state index is 12.4. The van der Waals surface area contributed by atoms with Gasteiger partial charge in [0.2, 0.25) is 5.91 Å². The number of hydrogen-bond donors (Lipinski definition) is 2. The minimum absolute atomic E-state index is 0.0530. The SMILES string of the molecule is CC(C(=O)NC(C)(CN)C(C)C)N1CCCCCC1. The van der Waals surface area contributed by atoms with E-state index < -0.39 is 0 Å². The van der Waals surface area contributed by atoms with Crippen LogP contribution in [0.25, 0.3) is 0 Å². The van der Waals surface area contributed by atoms with Gasteiger partial charge in [0.25, 0.3) is 0 Å². The maximum Gasteiger partial charge on any atom is 0.237 e. The van der Waals surface area contributed by atoms with Gasteiger partial charge in [-0.25, -0.2) is 0 Å². The molecule has 1 aliphatic rings. The number of nitrogens with two attached hydrogens (primary N) is 1. The fraction of sp³-hybridized carbons (Fsp3) is 0.933. The second-order valence-electron chi connectivity index (χ2n) is 6.39. The highest BCUT2D eigenvalue weighted by Crippen LogP contribution is 2.17. The van der Waals surface area contributed by atoms with Gasteiger partial charge in [-0.05, 0) is 45.7 Å². The molecule has 2 unspecified atom stereocenters. The Balaban J connectivity index is 2.60. The van der Waals surface area contributed by atoms with E-state index in [4.69, 9.17) is 5.73 Å². The van der Waals surface area contributed by atoms with Crippen molar-refractivity contribution in [2.24, 2.45) is 11.7 Å². The van der Waals surface area contributed by atoms with Crippen molar-refractivity contribution in [1.29, 1.82) is 0 Å². The summed E-state index contributed by atoms with van der Waals surface area (Å²) in [6, 6.07) is -0.0530. The van der Waals surface area contributed by atoms with Gasteiger partial charge in [-0.2, -0.15) is 0 Å². The molecule has 0 aromatic carbocycles. The van der Waals surface area contributed by atoms with Gasteiger partial charge in [0.05, 0.1) is 11.6 Å². The van der Waals surface area contributed by atoms with Crippen molar-refractivity contribution in [3.05, 3.63) is 0 Å². The Morgan fingerprint density at radius 3 is 2.16 bits per heavy atom. The van der Waals surface area contributed by atoms with Crippen LogP contribution >= 0.6 is 0 Å². The van der Waals surface area contributed by atoms with E-state index in [2.05, 4.69) is 24.1 Å². The summed E-state index contributed by atoms with van der Waals surface area (Å²) in [5.74, 6) is 0.446. The fourth-order valence-corrected chi connectivity index (χ4v) is 2.47. The van der Waals surface area contributed by atoms with E-state index in [0.29, 0.717) is 12.5 Å². The zero-order chi connectivity index (χ0) is 14.5. The molecule has 0 spiro atoms. The molecule has 19 heavy (non-hydrogen) atoms. The largest absolute Gasteiger partial charge is 0.348 e. The zero-order valence-electron chi connectivity index (χ0n) is 13.0. The Labute approximate surface area is 118 Å². The van der Waals surface area contributed by atoms with E-state index in [1.807, 2.05) is 13.8 Å². The molecule has 0 bridgehead atoms. The third-order valence-corrected chi connectivity index (χ3v) is 4.67. The van der Waals surface area contributed by atoms with Crippen molar-refractivity contribution >= 4 is 5.91 Å². The van der Waals surface area contributed by atoms with E-state index in [1.165, 1.54) is 25.7 Å². The average Bonchev–Trinajstić information content (AvgIpc) is 2.66. The van der Waals surface area contributed by atoms with Crippen LogP contribution in [0.1, 0.15) is 53.4 Å². The van der Waals surface area contributed by atoms with Crippen molar-refractivity contribution in [3.8, 4) is 0 Å². The van der Waals surface area contributed by atoms with Gasteiger partial charge in [0.1, 0.15) is 0 Å². The molecule has 1 fully saturated rings. The second-order valence-corrected chi connectivity index (χ2v) is 6.39. The van der Waals surface area contributed by atoms with E-state index in [9.17, 15) is 4.79 Å². The van der Waals surface area contributed by atoms with Gasteiger partial charge < -0.3 is 11.1 Å². The van der Waals surface area contributed by atoms with Crippen LogP contribution in [-0.4, -0.2) is 42.0 Å². The molecular formula is C15H31N3O. The van der Waals surface area contributed by atoms with Crippen LogP contribution in [0.15, 0.2) is 0 Å². The molecule has 4 heteroatoms. The first kappa shape index (κ1) is 16.4. The lowest BCUT2D eigenvalue weighted by atomic mass is 9.88. The normalized spacial score (nSPS) is 22.6. The van der Waals surface area contributed by atoms with Gasteiger partial charge in [-0.3, -0.25) is 9.69 Å². The summed E-state index contributed by atoms with van der Waals surface area (Å²) in [6.45, 7) is 10.8. The van der Waals surface area contributed by atoms with Gasteiger partial charge in [-0.1, -0.05) is 26.7 Å². The molecule has 1 aliphatic heterocycles. The van der Waals surface area contributed by atoms with Crippen molar-refractivity contribution in [2.75, 3.05) is 19.6 Å². The number of rotatable bonds is 5. The van der Waals surface area contributed by atoms with Crippen molar-refractivity contribution in [2.45, 2.75) is 65.0 Å².